The fourth-order valence-electron chi connectivity index (χ4n) is 3.41. The van der Waals surface area contributed by atoms with Crippen molar-refractivity contribution >= 4 is 60.9 Å². The number of rotatable bonds is 8. The minimum absolute atomic E-state index is 0. The Labute approximate surface area is 197 Å². The first-order valence-electron chi connectivity index (χ1n) is 10.1. The number of thiazole rings is 1. The molecule has 0 radical (unpaired) electrons. The van der Waals surface area contributed by atoms with Crippen molar-refractivity contribution in [1.82, 2.24) is 9.88 Å². The summed E-state index contributed by atoms with van der Waals surface area (Å²) in [5.74, 6) is 0.0993. The van der Waals surface area contributed by atoms with Gasteiger partial charge < -0.3 is 4.90 Å². The highest BCUT2D eigenvalue weighted by Crippen LogP contribution is 2.31. The second-order valence-electron chi connectivity index (χ2n) is 7.29. The molecule has 0 N–H and O–H groups in total. The van der Waals surface area contributed by atoms with E-state index >= 15 is 0 Å². The summed E-state index contributed by atoms with van der Waals surface area (Å²) in [6, 6.07) is 12.3. The average molecular weight is 511 g/mol. The zero-order chi connectivity index (χ0) is 21.0. The van der Waals surface area contributed by atoms with Gasteiger partial charge in [-0.15, -0.1) is 12.4 Å². The Hall–Kier alpha value is -1.47. The minimum Gasteiger partial charge on any atom is -0.302 e. The van der Waals surface area contributed by atoms with E-state index < -0.39 is 0 Å². The Morgan fingerprint density at radius 1 is 1.07 bits per heavy atom. The first kappa shape index (κ1) is 24.8. The largest absolute Gasteiger partial charge is 0.302 e. The van der Waals surface area contributed by atoms with Gasteiger partial charge in [-0.1, -0.05) is 64.9 Å². The van der Waals surface area contributed by atoms with Crippen LogP contribution in [0.5, 0.6) is 0 Å². The van der Waals surface area contributed by atoms with Gasteiger partial charge in [-0.2, -0.15) is 0 Å². The molecule has 3 rings (SSSR count). The SMILES string of the molecule is CCN(CC)CCN(C(=O)Cc1ccc(C)cc1C)c1nc2ccc(Br)cc2s1.Cl. The van der Waals surface area contributed by atoms with E-state index in [0.29, 0.717) is 13.0 Å². The van der Waals surface area contributed by atoms with Crippen LogP contribution in [0.2, 0.25) is 0 Å². The van der Waals surface area contributed by atoms with E-state index in [-0.39, 0.29) is 18.3 Å². The van der Waals surface area contributed by atoms with Crippen LogP contribution in [-0.2, 0) is 11.2 Å². The molecule has 2 aromatic carbocycles. The van der Waals surface area contributed by atoms with Crippen LogP contribution < -0.4 is 4.90 Å². The first-order chi connectivity index (χ1) is 13.9. The van der Waals surface area contributed by atoms with Crippen LogP contribution in [-0.4, -0.2) is 42.0 Å². The number of hydrogen-bond acceptors (Lipinski definition) is 4. The standard InChI is InChI=1S/C23H28BrN3OS.ClH/c1-5-26(6-2)11-12-27(22(28)14-18-8-7-16(3)13-17(18)4)23-25-20-10-9-19(24)15-21(20)29-23;/h7-10,13,15H,5-6,11-12,14H2,1-4H3;1H. The molecular weight excluding hydrogens is 482 g/mol. The topological polar surface area (TPSA) is 36.4 Å². The van der Waals surface area contributed by atoms with E-state index in [1.807, 2.05) is 17.0 Å². The van der Waals surface area contributed by atoms with Gasteiger partial charge in [-0.05, 0) is 56.3 Å². The molecule has 0 aliphatic carbocycles. The first-order valence-corrected chi connectivity index (χ1v) is 11.7. The summed E-state index contributed by atoms with van der Waals surface area (Å²) in [4.78, 5) is 22.3. The van der Waals surface area contributed by atoms with Crippen molar-refractivity contribution in [2.75, 3.05) is 31.1 Å². The molecule has 0 atom stereocenters. The van der Waals surface area contributed by atoms with Crippen molar-refractivity contribution in [2.45, 2.75) is 34.1 Å². The van der Waals surface area contributed by atoms with Crippen LogP contribution in [0.25, 0.3) is 10.2 Å². The third-order valence-corrected chi connectivity index (χ3v) is 6.78. The Morgan fingerprint density at radius 2 is 1.80 bits per heavy atom. The highest BCUT2D eigenvalue weighted by molar-refractivity contribution is 9.10. The van der Waals surface area contributed by atoms with Crippen molar-refractivity contribution in [2.24, 2.45) is 0 Å². The molecule has 0 aliphatic heterocycles. The molecule has 30 heavy (non-hydrogen) atoms. The number of hydrogen-bond donors (Lipinski definition) is 0. The summed E-state index contributed by atoms with van der Waals surface area (Å²) in [6.45, 7) is 11.9. The predicted molar refractivity (Wildman–Crippen MR) is 134 cm³/mol. The van der Waals surface area contributed by atoms with Crippen molar-refractivity contribution in [3.8, 4) is 0 Å². The lowest BCUT2D eigenvalue weighted by Gasteiger charge is -2.25. The molecule has 162 valence electrons. The average Bonchev–Trinajstić information content (AvgIpc) is 3.10. The Morgan fingerprint density at radius 3 is 2.47 bits per heavy atom. The maximum Gasteiger partial charge on any atom is 0.233 e. The second-order valence-corrected chi connectivity index (χ2v) is 9.21. The number of carbonyl (C=O) groups is 1. The molecular formula is C23H29BrClN3OS. The Kier molecular flexibility index (Phi) is 9.29. The Bertz CT molecular complexity index is 1000. The van der Waals surface area contributed by atoms with Gasteiger partial charge in [-0.3, -0.25) is 9.69 Å². The fraction of sp³-hybridized carbons (Fsp3) is 0.391. The van der Waals surface area contributed by atoms with Gasteiger partial charge in [0, 0.05) is 17.6 Å². The van der Waals surface area contributed by atoms with Crippen molar-refractivity contribution < 1.29 is 4.79 Å². The van der Waals surface area contributed by atoms with Crippen LogP contribution in [0.4, 0.5) is 5.13 Å². The number of anilines is 1. The van der Waals surface area contributed by atoms with Crippen LogP contribution in [0.1, 0.15) is 30.5 Å². The quantitative estimate of drug-likeness (QED) is 0.372. The molecule has 0 aliphatic rings. The number of halogens is 2. The van der Waals surface area contributed by atoms with Gasteiger partial charge >= 0.3 is 0 Å². The monoisotopic (exact) mass is 509 g/mol. The predicted octanol–water partition coefficient (Wildman–Crippen LogP) is 6.01. The van der Waals surface area contributed by atoms with Crippen molar-refractivity contribution in [3.05, 3.63) is 57.6 Å². The normalized spacial score (nSPS) is 11.0. The zero-order valence-corrected chi connectivity index (χ0v) is 21.2. The molecule has 1 aromatic heterocycles. The van der Waals surface area contributed by atoms with E-state index in [9.17, 15) is 4.79 Å². The third kappa shape index (κ3) is 6.03. The summed E-state index contributed by atoms with van der Waals surface area (Å²) in [5, 5.41) is 0.778. The van der Waals surface area contributed by atoms with Gasteiger partial charge in [0.1, 0.15) is 0 Å². The fourth-order valence-corrected chi connectivity index (χ4v) is 4.97. The number of amides is 1. The molecule has 7 heteroatoms. The number of benzene rings is 2. The van der Waals surface area contributed by atoms with Crippen LogP contribution >= 0.6 is 39.7 Å². The summed E-state index contributed by atoms with van der Waals surface area (Å²) >= 11 is 5.10. The number of fused-ring (bicyclic) bond motifs is 1. The van der Waals surface area contributed by atoms with Gasteiger partial charge in [0.05, 0.1) is 16.6 Å². The summed E-state index contributed by atoms with van der Waals surface area (Å²) in [5.41, 5.74) is 4.39. The Balaban J connectivity index is 0.00000320. The maximum absolute atomic E-state index is 13.3. The summed E-state index contributed by atoms with van der Waals surface area (Å²) < 4.78 is 2.11. The number of likely N-dealkylation sites (N-methyl/N-ethyl adjacent to an activating group) is 1. The maximum atomic E-state index is 13.3. The minimum atomic E-state index is 0. The summed E-state index contributed by atoms with van der Waals surface area (Å²) in [7, 11) is 0. The molecule has 0 bridgehead atoms. The molecule has 0 fully saturated rings. The number of aryl methyl sites for hydroxylation is 2. The van der Waals surface area contributed by atoms with E-state index in [1.54, 1.807) is 11.3 Å². The lowest BCUT2D eigenvalue weighted by Crippen LogP contribution is -2.39. The van der Waals surface area contributed by atoms with Crippen molar-refractivity contribution in [1.29, 1.82) is 0 Å². The van der Waals surface area contributed by atoms with E-state index in [4.69, 9.17) is 4.98 Å². The molecule has 0 unspecified atom stereocenters. The molecule has 0 saturated carbocycles. The zero-order valence-electron chi connectivity index (χ0n) is 17.9. The lowest BCUT2D eigenvalue weighted by molar-refractivity contribution is -0.118. The van der Waals surface area contributed by atoms with E-state index in [2.05, 4.69) is 72.8 Å². The lowest BCUT2D eigenvalue weighted by atomic mass is 10.0. The van der Waals surface area contributed by atoms with Gasteiger partial charge in [0.2, 0.25) is 5.91 Å². The second kappa shape index (κ2) is 11.2. The molecule has 3 aromatic rings. The number of aromatic nitrogens is 1. The highest BCUT2D eigenvalue weighted by atomic mass is 79.9. The van der Waals surface area contributed by atoms with Gasteiger partial charge in [-0.25, -0.2) is 4.98 Å². The third-order valence-electron chi connectivity index (χ3n) is 5.25. The van der Waals surface area contributed by atoms with Crippen LogP contribution in [0, 0.1) is 13.8 Å². The smallest absolute Gasteiger partial charge is 0.233 e. The van der Waals surface area contributed by atoms with E-state index in [0.717, 1.165) is 50.6 Å². The van der Waals surface area contributed by atoms with Crippen molar-refractivity contribution in [3.63, 3.8) is 0 Å². The number of nitrogens with zero attached hydrogens (tertiary/aromatic N) is 3. The molecule has 0 spiro atoms. The van der Waals surface area contributed by atoms with Gasteiger partial charge in [0.25, 0.3) is 0 Å². The van der Waals surface area contributed by atoms with Gasteiger partial charge in [0.15, 0.2) is 5.13 Å². The van der Waals surface area contributed by atoms with E-state index in [1.165, 1.54) is 5.56 Å². The molecule has 4 nitrogen and oxygen atoms in total. The summed E-state index contributed by atoms with van der Waals surface area (Å²) in [6.07, 6.45) is 0.393. The van der Waals surface area contributed by atoms with Crippen LogP contribution in [0.3, 0.4) is 0 Å². The molecule has 1 heterocycles. The highest BCUT2D eigenvalue weighted by Gasteiger charge is 2.21. The molecule has 0 saturated heterocycles. The molecule has 1 amide bonds. The van der Waals surface area contributed by atoms with Crippen LogP contribution in [0.15, 0.2) is 40.9 Å². The number of carbonyl (C=O) groups excluding carboxylic acids is 1.